The number of benzene rings is 2. The lowest BCUT2D eigenvalue weighted by Gasteiger charge is -2.12. The Morgan fingerprint density at radius 3 is 2.28 bits per heavy atom. The second-order valence-corrected chi connectivity index (χ2v) is 5.39. The summed E-state index contributed by atoms with van der Waals surface area (Å²) in [5, 5.41) is -0.701. The molecule has 1 unspecified atom stereocenters. The van der Waals surface area contributed by atoms with Crippen molar-refractivity contribution in [2.24, 2.45) is 0 Å². The van der Waals surface area contributed by atoms with Crippen molar-refractivity contribution < 1.29 is 8.78 Å². The molecule has 0 fully saturated rings. The fourth-order valence-corrected chi connectivity index (χ4v) is 2.24. The van der Waals surface area contributed by atoms with E-state index in [1.54, 1.807) is 12.1 Å². The summed E-state index contributed by atoms with van der Waals surface area (Å²) in [6.07, 6.45) is 0. The number of aryl methyl sites for hydroxylation is 1. The van der Waals surface area contributed by atoms with Crippen LogP contribution in [0, 0.1) is 18.6 Å². The third kappa shape index (κ3) is 2.73. The van der Waals surface area contributed by atoms with E-state index in [1.807, 2.05) is 12.1 Å². The Morgan fingerprint density at radius 1 is 1.06 bits per heavy atom. The van der Waals surface area contributed by atoms with Crippen molar-refractivity contribution in [1.82, 2.24) is 0 Å². The molecular weight excluding hydrogens is 322 g/mol. The molecule has 0 N–H and O–H groups in total. The minimum Gasteiger partial charge on any atom is -0.207 e. The predicted octanol–water partition coefficient (Wildman–Crippen LogP) is 5.36. The molecule has 0 saturated carbocycles. The highest BCUT2D eigenvalue weighted by Gasteiger charge is 2.17. The molecule has 0 bridgehead atoms. The van der Waals surface area contributed by atoms with Gasteiger partial charge in [-0.1, -0.05) is 28.1 Å². The Balaban J connectivity index is 2.42. The van der Waals surface area contributed by atoms with Crippen LogP contribution in [-0.2, 0) is 0 Å². The quantitative estimate of drug-likeness (QED) is 0.650. The van der Waals surface area contributed by atoms with Crippen molar-refractivity contribution in [2.45, 2.75) is 12.3 Å². The van der Waals surface area contributed by atoms with Crippen molar-refractivity contribution >= 4 is 27.5 Å². The van der Waals surface area contributed by atoms with Gasteiger partial charge in [0.2, 0.25) is 0 Å². The smallest absolute Gasteiger partial charge is 0.128 e. The van der Waals surface area contributed by atoms with Crippen LogP contribution in [0.5, 0.6) is 0 Å². The highest BCUT2D eigenvalue weighted by atomic mass is 79.9. The van der Waals surface area contributed by atoms with Crippen LogP contribution in [0.15, 0.2) is 40.9 Å². The van der Waals surface area contributed by atoms with Crippen LogP contribution in [0.1, 0.15) is 22.1 Å². The van der Waals surface area contributed by atoms with Crippen LogP contribution in [0.3, 0.4) is 0 Å². The minimum atomic E-state index is -0.701. The molecule has 4 heteroatoms. The van der Waals surface area contributed by atoms with Gasteiger partial charge in [-0.15, -0.1) is 11.6 Å². The fourth-order valence-electron chi connectivity index (χ4n) is 1.67. The molecule has 0 amide bonds. The Bertz CT molecular complexity index is 567. The van der Waals surface area contributed by atoms with Gasteiger partial charge in [0, 0.05) is 10.0 Å². The van der Waals surface area contributed by atoms with Crippen molar-refractivity contribution in [3.05, 3.63) is 69.2 Å². The third-order valence-corrected chi connectivity index (χ3v) is 3.73. The molecule has 2 aromatic carbocycles. The first kappa shape index (κ1) is 13.5. The molecule has 1 atom stereocenters. The Hall–Kier alpha value is -0.930. The fraction of sp³-hybridized carbons (Fsp3) is 0.143. The number of hydrogen-bond donors (Lipinski definition) is 0. The summed E-state index contributed by atoms with van der Waals surface area (Å²) in [5.41, 5.74) is 1.15. The van der Waals surface area contributed by atoms with Gasteiger partial charge in [-0.3, -0.25) is 0 Å². The lowest BCUT2D eigenvalue weighted by Crippen LogP contribution is -1.99. The van der Waals surface area contributed by atoms with Crippen LogP contribution >= 0.6 is 27.5 Å². The lowest BCUT2D eigenvalue weighted by atomic mass is 10.0. The molecule has 0 saturated heterocycles. The van der Waals surface area contributed by atoms with E-state index in [9.17, 15) is 8.78 Å². The molecule has 0 nitrogen and oxygen atoms in total. The summed E-state index contributed by atoms with van der Waals surface area (Å²) in [6, 6.07) is 9.50. The maximum Gasteiger partial charge on any atom is 0.128 e. The molecule has 94 valence electrons. The van der Waals surface area contributed by atoms with Crippen LogP contribution < -0.4 is 0 Å². The van der Waals surface area contributed by atoms with Crippen molar-refractivity contribution in [3.63, 3.8) is 0 Å². The zero-order valence-electron chi connectivity index (χ0n) is 9.55. The molecule has 2 aromatic rings. The Kier molecular flexibility index (Phi) is 4.03. The van der Waals surface area contributed by atoms with E-state index in [0.717, 1.165) is 16.1 Å². The largest absolute Gasteiger partial charge is 0.207 e. The van der Waals surface area contributed by atoms with E-state index in [-0.39, 0.29) is 11.1 Å². The maximum absolute atomic E-state index is 13.8. The number of rotatable bonds is 2. The van der Waals surface area contributed by atoms with Gasteiger partial charge in [0.15, 0.2) is 0 Å². The summed E-state index contributed by atoms with van der Waals surface area (Å²) in [6.45, 7) is 1.52. The molecule has 0 radical (unpaired) electrons. The molecule has 0 aliphatic carbocycles. The van der Waals surface area contributed by atoms with Gasteiger partial charge >= 0.3 is 0 Å². The maximum atomic E-state index is 13.8. The third-order valence-electron chi connectivity index (χ3n) is 2.71. The summed E-state index contributed by atoms with van der Waals surface area (Å²) in [4.78, 5) is 0. The van der Waals surface area contributed by atoms with Crippen LogP contribution in [-0.4, -0.2) is 0 Å². The molecule has 0 aromatic heterocycles. The summed E-state index contributed by atoms with van der Waals surface area (Å²) in [5.74, 6) is -0.939. The standard InChI is InChI=1S/C14H10BrClF2/c1-8-6-13(18)11(7-12(8)17)14(16)9-2-4-10(15)5-3-9/h2-7,14H,1H3. The van der Waals surface area contributed by atoms with Gasteiger partial charge < -0.3 is 0 Å². The highest BCUT2D eigenvalue weighted by molar-refractivity contribution is 9.10. The molecule has 0 aliphatic rings. The van der Waals surface area contributed by atoms with Gasteiger partial charge in [-0.2, -0.15) is 0 Å². The number of halogens is 4. The topological polar surface area (TPSA) is 0 Å². The lowest BCUT2D eigenvalue weighted by molar-refractivity contribution is 0.580. The highest BCUT2D eigenvalue weighted by Crippen LogP contribution is 2.32. The summed E-state index contributed by atoms with van der Waals surface area (Å²) in [7, 11) is 0. The minimum absolute atomic E-state index is 0.155. The molecular formula is C14H10BrClF2. The van der Waals surface area contributed by atoms with E-state index < -0.39 is 17.0 Å². The normalized spacial score (nSPS) is 12.5. The average Bonchev–Trinajstić information content (AvgIpc) is 2.34. The molecule has 0 aliphatic heterocycles. The van der Waals surface area contributed by atoms with Crippen LogP contribution in [0.25, 0.3) is 0 Å². The monoisotopic (exact) mass is 330 g/mol. The zero-order chi connectivity index (χ0) is 13.3. The van der Waals surface area contributed by atoms with Gasteiger partial charge in [-0.05, 0) is 42.3 Å². The molecule has 18 heavy (non-hydrogen) atoms. The molecule has 0 spiro atoms. The first-order chi connectivity index (χ1) is 8.49. The van der Waals surface area contributed by atoms with Gasteiger partial charge in [-0.25, -0.2) is 8.78 Å². The molecule has 0 heterocycles. The second kappa shape index (κ2) is 5.37. The zero-order valence-corrected chi connectivity index (χ0v) is 11.9. The Morgan fingerprint density at radius 2 is 1.67 bits per heavy atom. The Labute approximate surface area is 118 Å². The first-order valence-corrected chi connectivity index (χ1v) is 6.57. The number of alkyl halides is 1. The van der Waals surface area contributed by atoms with Crippen molar-refractivity contribution in [2.75, 3.05) is 0 Å². The van der Waals surface area contributed by atoms with E-state index in [0.29, 0.717) is 0 Å². The van der Waals surface area contributed by atoms with Gasteiger partial charge in [0.1, 0.15) is 11.6 Å². The average molecular weight is 332 g/mol. The number of hydrogen-bond acceptors (Lipinski definition) is 0. The second-order valence-electron chi connectivity index (χ2n) is 4.04. The summed E-state index contributed by atoms with van der Waals surface area (Å²) < 4.78 is 28.2. The van der Waals surface area contributed by atoms with E-state index >= 15 is 0 Å². The first-order valence-electron chi connectivity index (χ1n) is 5.34. The summed E-state index contributed by atoms with van der Waals surface area (Å²) >= 11 is 9.50. The van der Waals surface area contributed by atoms with E-state index in [4.69, 9.17) is 11.6 Å². The predicted molar refractivity (Wildman–Crippen MR) is 72.9 cm³/mol. The van der Waals surface area contributed by atoms with E-state index in [1.165, 1.54) is 13.0 Å². The van der Waals surface area contributed by atoms with Crippen molar-refractivity contribution in [1.29, 1.82) is 0 Å². The van der Waals surface area contributed by atoms with Gasteiger partial charge in [0.25, 0.3) is 0 Å². The van der Waals surface area contributed by atoms with Crippen LogP contribution in [0.4, 0.5) is 8.78 Å². The van der Waals surface area contributed by atoms with E-state index in [2.05, 4.69) is 15.9 Å². The van der Waals surface area contributed by atoms with Crippen LogP contribution in [0.2, 0.25) is 0 Å². The van der Waals surface area contributed by atoms with Crippen molar-refractivity contribution in [3.8, 4) is 0 Å². The SMILES string of the molecule is Cc1cc(F)c(C(Cl)c2ccc(Br)cc2)cc1F. The molecule has 2 rings (SSSR count). The van der Waals surface area contributed by atoms with Gasteiger partial charge in [0.05, 0.1) is 5.38 Å².